The zero-order chi connectivity index (χ0) is 11.3. The van der Waals surface area contributed by atoms with Gasteiger partial charge in [0, 0.05) is 26.3 Å². The fraction of sp³-hybridized carbons (Fsp3) is 0. The summed E-state index contributed by atoms with van der Waals surface area (Å²) >= 11 is 15.5. The second-order valence-electron chi connectivity index (χ2n) is 3.50. The van der Waals surface area contributed by atoms with Crippen LogP contribution in [-0.4, -0.2) is 0 Å². The Morgan fingerprint density at radius 2 is 1.81 bits per heavy atom. The highest BCUT2D eigenvalue weighted by Gasteiger charge is 2.11. The molecule has 4 heteroatoms. The molecule has 2 aromatic carbocycles. The molecule has 0 aliphatic carbocycles. The van der Waals surface area contributed by atoms with E-state index in [1.807, 2.05) is 18.2 Å². The first kappa shape index (κ1) is 10.5. The molecule has 0 spiro atoms. The highest BCUT2D eigenvalue weighted by molar-refractivity contribution is 9.10. The molecule has 0 amide bonds. The Bertz CT molecular complexity index is 703. The van der Waals surface area contributed by atoms with Crippen LogP contribution in [0.5, 0.6) is 0 Å². The molecule has 3 aromatic rings. The van der Waals surface area contributed by atoms with Crippen LogP contribution in [0.2, 0.25) is 10.0 Å². The van der Waals surface area contributed by atoms with Gasteiger partial charge in [0.1, 0.15) is 11.2 Å². The maximum atomic E-state index is 6.18. The van der Waals surface area contributed by atoms with Gasteiger partial charge in [0.05, 0.1) is 5.02 Å². The SMILES string of the molecule is Clc1cc(Cl)c2c(c1)oc1ccc(Br)cc12. The largest absolute Gasteiger partial charge is 0.456 e. The number of furan rings is 1. The van der Waals surface area contributed by atoms with E-state index in [0.29, 0.717) is 15.6 Å². The van der Waals surface area contributed by atoms with Crippen LogP contribution in [0.4, 0.5) is 0 Å². The lowest BCUT2D eigenvalue weighted by Crippen LogP contribution is -1.70. The van der Waals surface area contributed by atoms with E-state index in [2.05, 4.69) is 15.9 Å². The molecular weight excluding hydrogens is 311 g/mol. The van der Waals surface area contributed by atoms with Crippen molar-refractivity contribution in [3.8, 4) is 0 Å². The zero-order valence-corrected chi connectivity index (χ0v) is 11.0. The molecule has 0 saturated carbocycles. The quantitative estimate of drug-likeness (QED) is 0.522. The monoisotopic (exact) mass is 314 g/mol. The van der Waals surface area contributed by atoms with Crippen molar-refractivity contribution in [3.05, 3.63) is 44.8 Å². The Kier molecular flexibility index (Phi) is 2.39. The molecule has 1 aromatic heterocycles. The van der Waals surface area contributed by atoms with Crippen LogP contribution in [0, 0.1) is 0 Å². The molecule has 0 saturated heterocycles. The number of benzene rings is 2. The summed E-state index contributed by atoms with van der Waals surface area (Å²) in [5.41, 5.74) is 1.52. The van der Waals surface area contributed by atoms with E-state index in [4.69, 9.17) is 27.6 Å². The lowest BCUT2D eigenvalue weighted by molar-refractivity contribution is 0.669. The molecule has 0 bridgehead atoms. The van der Waals surface area contributed by atoms with Crippen LogP contribution in [0.25, 0.3) is 21.9 Å². The van der Waals surface area contributed by atoms with E-state index >= 15 is 0 Å². The van der Waals surface area contributed by atoms with Gasteiger partial charge in [-0.3, -0.25) is 0 Å². The fourth-order valence-corrected chi connectivity index (χ4v) is 2.73. The molecule has 0 aliphatic heterocycles. The van der Waals surface area contributed by atoms with Crippen molar-refractivity contribution < 1.29 is 4.42 Å². The van der Waals surface area contributed by atoms with E-state index in [1.54, 1.807) is 12.1 Å². The third kappa shape index (κ3) is 1.53. The van der Waals surface area contributed by atoms with Gasteiger partial charge in [0.2, 0.25) is 0 Å². The van der Waals surface area contributed by atoms with Crippen LogP contribution >= 0.6 is 39.1 Å². The summed E-state index contributed by atoms with van der Waals surface area (Å²) in [6, 6.07) is 9.32. The van der Waals surface area contributed by atoms with Gasteiger partial charge in [-0.05, 0) is 24.3 Å². The zero-order valence-electron chi connectivity index (χ0n) is 7.93. The third-order valence-corrected chi connectivity index (χ3v) is 3.46. The van der Waals surface area contributed by atoms with Gasteiger partial charge in [0.15, 0.2) is 0 Å². The molecule has 0 unspecified atom stereocenters. The van der Waals surface area contributed by atoms with E-state index < -0.39 is 0 Å². The van der Waals surface area contributed by atoms with Gasteiger partial charge >= 0.3 is 0 Å². The second kappa shape index (κ2) is 3.66. The van der Waals surface area contributed by atoms with Crippen molar-refractivity contribution >= 4 is 61.1 Å². The number of hydrogen-bond donors (Lipinski definition) is 0. The molecular formula is C12H5BrCl2O. The lowest BCUT2D eigenvalue weighted by atomic mass is 10.1. The molecule has 0 radical (unpaired) electrons. The third-order valence-electron chi connectivity index (χ3n) is 2.45. The molecule has 0 fully saturated rings. The number of halogens is 3. The maximum Gasteiger partial charge on any atom is 0.138 e. The first-order chi connectivity index (χ1) is 7.65. The van der Waals surface area contributed by atoms with E-state index in [-0.39, 0.29) is 0 Å². The van der Waals surface area contributed by atoms with E-state index in [1.165, 1.54) is 0 Å². The molecule has 80 valence electrons. The number of rotatable bonds is 0. The second-order valence-corrected chi connectivity index (χ2v) is 5.26. The van der Waals surface area contributed by atoms with Crippen LogP contribution < -0.4 is 0 Å². The van der Waals surface area contributed by atoms with Gasteiger partial charge in [-0.2, -0.15) is 0 Å². The molecule has 0 N–H and O–H groups in total. The molecule has 1 nitrogen and oxygen atoms in total. The summed E-state index contributed by atoms with van der Waals surface area (Å²) in [7, 11) is 0. The van der Waals surface area contributed by atoms with Crippen molar-refractivity contribution in [3.63, 3.8) is 0 Å². The Morgan fingerprint density at radius 3 is 2.62 bits per heavy atom. The van der Waals surface area contributed by atoms with Crippen LogP contribution in [0.3, 0.4) is 0 Å². The molecule has 16 heavy (non-hydrogen) atoms. The van der Waals surface area contributed by atoms with Gasteiger partial charge < -0.3 is 4.42 Å². The first-order valence-electron chi connectivity index (χ1n) is 4.62. The van der Waals surface area contributed by atoms with Crippen molar-refractivity contribution in [2.24, 2.45) is 0 Å². The fourth-order valence-electron chi connectivity index (χ4n) is 1.80. The van der Waals surface area contributed by atoms with Crippen LogP contribution in [0.15, 0.2) is 39.2 Å². The molecule has 1 heterocycles. The summed E-state index contributed by atoms with van der Waals surface area (Å²) in [5.74, 6) is 0. The van der Waals surface area contributed by atoms with E-state index in [9.17, 15) is 0 Å². The van der Waals surface area contributed by atoms with Gasteiger partial charge in [-0.15, -0.1) is 0 Å². The average molecular weight is 316 g/mol. The Labute approximate surface area is 110 Å². The molecule has 0 aliphatic rings. The summed E-state index contributed by atoms with van der Waals surface area (Å²) in [6.07, 6.45) is 0. The summed E-state index contributed by atoms with van der Waals surface area (Å²) < 4.78 is 6.67. The first-order valence-corrected chi connectivity index (χ1v) is 6.17. The Hall–Kier alpha value is -0.700. The van der Waals surface area contributed by atoms with Crippen molar-refractivity contribution in [2.75, 3.05) is 0 Å². The predicted molar refractivity (Wildman–Crippen MR) is 71.4 cm³/mol. The molecule has 3 rings (SSSR count). The lowest BCUT2D eigenvalue weighted by Gasteiger charge is -1.95. The van der Waals surface area contributed by atoms with Crippen LogP contribution in [-0.2, 0) is 0 Å². The summed E-state index contributed by atoms with van der Waals surface area (Å²) in [5, 5.41) is 3.09. The summed E-state index contributed by atoms with van der Waals surface area (Å²) in [4.78, 5) is 0. The average Bonchev–Trinajstić information content (AvgIpc) is 2.54. The summed E-state index contributed by atoms with van der Waals surface area (Å²) in [6.45, 7) is 0. The van der Waals surface area contributed by atoms with Crippen molar-refractivity contribution in [2.45, 2.75) is 0 Å². The smallest absolute Gasteiger partial charge is 0.138 e. The normalized spacial score (nSPS) is 11.4. The minimum Gasteiger partial charge on any atom is -0.456 e. The standard InChI is InChI=1S/C12H5BrCl2O/c13-6-1-2-10-8(3-6)12-9(15)4-7(14)5-11(12)16-10/h1-5H. The highest BCUT2D eigenvalue weighted by Crippen LogP contribution is 2.37. The number of fused-ring (bicyclic) bond motifs is 3. The van der Waals surface area contributed by atoms with Crippen molar-refractivity contribution in [1.82, 2.24) is 0 Å². The van der Waals surface area contributed by atoms with Gasteiger partial charge in [-0.1, -0.05) is 39.1 Å². The minimum atomic E-state index is 0.579. The minimum absolute atomic E-state index is 0.579. The number of hydrogen-bond acceptors (Lipinski definition) is 1. The van der Waals surface area contributed by atoms with E-state index in [0.717, 1.165) is 20.8 Å². The predicted octanol–water partition coefficient (Wildman–Crippen LogP) is 5.66. The Balaban J connectivity index is 2.57. The highest BCUT2D eigenvalue weighted by atomic mass is 79.9. The maximum absolute atomic E-state index is 6.18. The Morgan fingerprint density at radius 1 is 1.00 bits per heavy atom. The van der Waals surface area contributed by atoms with Gasteiger partial charge in [-0.25, -0.2) is 0 Å². The van der Waals surface area contributed by atoms with Crippen molar-refractivity contribution in [1.29, 1.82) is 0 Å². The topological polar surface area (TPSA) is 13.1 Å². The van der Waals surface area contributed by atoms with Gasteiger partial charge in [0.25, 0.3) is 0 Å². The molecule has 0 atom stereocenters. The van der Waals surface area contributed by atoms with Crippen LogP contribution in [0.1, 0.15) is 0 Å².